The second-order valence-electron chi connectivity index (χ2n) is 4.71. The lowest BCUT2D eigenvalue weighted by atomic mass is 9.96. The van der Waals surface area contributed by atoms with Crippen molar-refractivity contribution in [1.82, 2.24) is 10.1 Å². The molecule has 0 aromatic carbocycles. The molecule has 0 spiro atoms. The van der Waals surface area contributed by atoms with Crippen molar-refractivity contribution in [2.75, 3.05) is 5.75 Å². The van der Waals surface area contributed by atoms with Crippen LogP contribution in [0.25, 0.3) is 0 Å². The summed E-state index contributed by atoms with van der Waals surface area (Å²) in [5.74, 6) is 2.86. The van der Waals surface area contributed by atoms with Gasteiger partial charge in [0, 0.05) is 5.41 Å². The molecule has 2 rings (SSSR count). The van der Waals surface area contributed by atoms with Gasteiger partial charge in [-0.15, -0.1) is 11.8 Å². The summed E-state index contributed by atoms with van der Waals surface area (Å²) in [6.45, 7) is 6.30. The average Bonchev–Trinajstić information content (AvgIpc) is 2.73. The molecule has 0 saturated carbocycles. The van der Waals surface area contributed by atoms with Crippen molar-refractivity contribution >= 4 is 11.8 Å². The molecule has 2 heterocycles. The highest BCUT2D eigenvalue weighted by Gasteiger charge is 2.27. The minimum absolute atomic E-state index is 0.00891. The summed E-state index contributed by atoms with van der Waals surface area (Å²) in [5, 5.41) is 4.48. The highest BCUT2D eigenvalue weighted by atomic mass is 32.2. The van der Waals surface area contributed by atoms with Crippen LogP contribution in [-0.4, -0.2) is 15.9 Å². The summed E-state index contributed by atoms with van der Waals surface area (Å²) in [5.41, 5.74) is -0.00891. The summed E-state index contributed by atoms with van der Waals surface area (Å²) in [6.07, 6.45) is 2.44. The molecule has 1 saturated heterocycles. The van der Waals surface area contributed by atoms with E-state index in [-0.39, 0.29) is 5.41 Å². The third kappa shape index (κ3) is 1.95. The van der Waals surface area contributed by atoms with Crippen LogP contribution in [0.4, 0.5) is 0 Å². The van der Waals surface area contributed by atoms with E-state index in [4.69, 9.17) is 4.52 Å². The Morgan fingerprint density at radius 1 is 1.43 bits per heavy atom. The maximum atomic E-state index is 5.29. The van der Waals surface area contributed by atoms with Gasteiger partial charge in [-0.05, 0) is 18.6 Å². The Morgan fingerprint density at radius 2 is 2.21 bits per heavy atom. The fourth-order valence-corrected chi connectivity index (χ4v) is 2.63. The highest BCUT2D eigenvalue weighted by molar-refractivity contribution is 7.99. The van der Waals surface area contributed by atoms with E-state index in [1.54, 1.807) is 0 Å². The van der Waals surface area contributed by atoms with Crippen LogP contribution in [0.5, 0.6) is 0 Å². The molecule has 3 nitrogen and oxygen atoms in total. The van der Waals surface area contributed by atoms with Crippen LogP contribution in [0.2, 0.25) is 0 Å². The van der Waals surface area contributed by atoms with Crippen molar-refractivity contribution < 1.29 is 4.52 Å². The molecule has 1 aromatic rings. The molecule has 14 heavy (non-hydrogen) atoms. The molecule has 0 aliphatic carbocycles. The van der Waals surface area contributed by atoms with E-state index < -0.39 is 0 Å². The molecule has 0 amide bonds. The molecule has 1 atom stereocenters. The Labute approximate surface area is 88.7 Å². The van der Waals surface area contributed by atoms with E-state index in [0.717, 1.165) is 11.7 Å². The van der Waals surface area contributed by atoms with Crippen LogP contribution < -0.4 is 0 Å². The highest BCUT2D eigenvalue weighted by Crippen LogP contribution is 2.39. The Bertz CT molecular complexity index is 310. The quantitative estimate of drug-likeness (QED) is 0.717. The zero-order chi connectivity index (χ0) is 10.2. The first-order valence-electron chi connectivity index (χ1n) is 5.03. The van der Waals surface area contributed by atoms with E-state index in [2.05, 4.69) is 30.9 Å². The first-order chi connectivity index (χ1) is 6.57. The third-order valence-corrected chi connectivity index (χ3v) is 3.68. The summed E-state index contributed by atoms with van der Waals surface area (Å²) in [4.78, 5) is 4.46. The molecule has 78 valence electrons. The van der Waals surface area contributed by atoms with Crippen molar-refractivity contribution in [2.45, 2.75) is 44.3 Å². The Hall–Kier alpha value is -0.510. The summed E-state index contributed by atoms with van der Waals surface area (Å²) < 4.78 is 5.29. The van der Waals surface area contributed by atoms with Crippen LogP contribution in [0.1, 0.15) is 50.6 Å². The number of hydrogen-bond donors (Lipinski definition) is 0. The van der Waals surface area contributed by atoms with Gasteiger partial charge in [-0.2, -0.15) is 4.98 Å². The van der Waals surface area contributed by atoms with Gasteiger partial charge in [0.25, 0.3) is 0 Å². The molecular weight excluding hydrogens is 196 g/mol. The van der Waals surface area contributed by atoms with Crippen LogP contribution in [0, 0.1) is 0 Å². The van der Waals surface area contributed by atoms with Gasteiger partial charge < -0.3 is 4.52 Å². The lowest BCUT2D eigenvalue weighted by molar-refractivity contribution is 0.360. The zero-order valence-electron chi connectivity index (χ0n) is 8.91. The van der Waals surface area contributed by atoms with Crippen molar-refractivity contribution in [3.05, 3.63) is 11.7 Å². The lowest BCUT2D eigenvalue weighted by Gasteiger charge is -2.11. The van der Waals surface area contributed by atoms with Crippen LogP contribution in [-0.2, 0) is 5.41 Å². The first kappa shape index (κ1) is 10.0. The van der Waals surface area contributed by atoms with Gasteiger partial charge in [0.05, 0.1) is 5.25 Å². The molecule has 0 radical (unpaired) electrons. The van der Waals surface area contributed by atoms with Crippen molar-refractivity contribution in [2.24, 2.45) is 0 Å². The topological polar surface area (TPSA) is 38.9 Å². The van der Waals surface area contributed by atoms with Gasteiger partial charge in [0.2, 0.25) is 5.89 Å². The molecule has 1 aliphatic heterocycles. The van der Waals surface area contributed by atoms with E-state index in [1.807, 2.05) is 11.8 Å². The number of thioether (sulfide) groups is 1. The number of aromatic nitrogens is 2. The molecule has 1 unspecified atom stereocenters. The summed E-state index contributed by atoms with van der Waals surface area (Å²) in [6, 6.07) is 0. The van der Waals surface area contributed by atoms with Gasteiger partial charge in [-0.25, -0.2) is 0 Å². The predicted molar refractivity (Wildman–Crippen MR) is 57.4 cm³/mol. The fraction of sp³-hybridized carbons (Fsp3) is 0.800. The maximum Gasteiger partial charge on any atom is 0.239 e. The minimum atomic E-state index is -0.00891. The predicted octanol–water partition coefficient (Wildman–Crippen LogP) is 2.94. The van der Waals surface area contributed by atoms with Gasteiger partial charge in [0.1, 0.15) is 0 Å². The standard InChI is InChI=1S/C10H16N2OS/c1-10(2,3)9-11-8(13-12-9)7-5-4-6-14-7/h7H,4-6H2,1-3H3. The molecular formula is C10H16N2OS. The normalized spacial score (nSPS) is 22.9. The van der Waals surface area contributed by atoms with Crippen molar-refractivity contribution in [3.63, 3.8) is 0 Å². The Kier molecular flexibility index (Phi) is 2.56. The fourth-order valence-electron chi connectivity index (χ4n) is 1.44. The Balaban J connectivity index is 2.17. The molecule has 1 aliphatic rings. The van der Waals surface area contributed by atoms with Crippen molar-refractivity contribution in [1.29, 1.82) is 0 Å². The van der Waals surface area contributed by atoms with Gasteiger partial charge in [-0.1, -0.05) is 25.9 Å². The molecule has 1 aromatic heterocycles. The van der Waals surface area contributed by atoms with Crippen LogP contribution in [0.3, 0.4) is 0 Å². The number of nitrogens with zero attached hydrogens (tertiary/aromatic N) is 2. The monoisotopic (exact) mass is 212 g/mol. The smallest absolute Gasteiger partial charge is 0.239 e. The average molecular weight is 212 g/mol. The third-order valence-electron chi connectivity index (χ3n) is 2.32. The Morgan fingerprint density at radius 3 is 2.71 bits per heavy atom. The molecule has 1 fully saturated rings. The largest absolute Gasteiger partial charge is 0.338 e. The van der Waals surface area contributed by atoms with Crippen molar-refractivity contribution in [3.8, 4) is 0 Å². The SMILES string of the molecule is CC(C)(C)c1noc(C2CCCS2)n1. The number of hydrogen-bond acceptors (Lipinski definition) is 4. The maximum absolute atomic E-state index is 5.29. The second kappa shape index (κ2) is 3.57. The summed E-state index contributed by atoms with van der Waals surface area (Å²) in [7, 11) is 0. The van der Waals surface area contributed by atoms with E-state index >= 15 is 0 Å². The molecule has 0 bridgehead atoms. The molecule has 0 N–H and O–H groups in total. The van der Waals surface area contributed by atoms with Gasteiger partial charge in [0.15, 0.2) is 5.82 Å². The van der Waals surface area contributed by atoms with E-state index in [9.17, 15) is 0 Å². The van der Waals surface area contributed by atoms with E-state index in [1.165, 1.54) is 18.6 Å². The minimum Gasteiger partial charge on any atom is -0.338 e. The van der Waals surface area contributed by atoms with Gasteiger partial charge in [-0.3, -0.25) is 0 Å². The van der Waals surface area contributed by atoms with Crippen LogP contribution in [0.15, 0.2) is 4.52 Å². The summed E-state index contributed by atoms with van der Waals surface area (Å²) >= 11 is 1.92. The molecule has 4 heteroatoms. The first-order valence-corrected chi connectivity index (χ1v) is 6.08. The zero-order valence-corrected chi connectivity index (χ0v) is 9.73. The number of rotatable bonds is 1. The lowest BCUT2D eigenvalue weighted by Crippen LogP contribution is -2.13. The van der Waals surface area contributed by atoms with E-state index in [0.29, 0.717) is 5.25 Å². The van der Waals surface area contributed by atoms with Crippen LogP contribution >= 0.6 is 11.8 Å². The second-order valence-corrected chi connectivity index (χ2v) is 6.02. The van der Waals surface area contributed by atoms with Gasteiger partial charge >= 0.3 is 0 Å².